The maximum Gasteiger partial charge on any atom is 0.242 e. The molecule has 0 bridgehead atoms. The summed E-state index contributed by atoms with van der Waals surface area (Å²) in [6.07, 6.45) is 1.44. The fourth-order valence-electron chi connectivity index (χ4n) is 1.52. The fourth-order valence-corrected chi connectivity index (χ4v) is 2.51. The van der Waals surface area contributed by atoms with Gasteiger partial charge >= 0.3 is 0 Å². The summed E-state index contributed by atoms with van der Waals surface area (Å²) in [4.78, 5) is 6.98. The molecule has 0 saturated carbocycles. The maximum atomic E-state index is 12.0. The molecule has 2 heterocycles. The van der Waals surface area contributed by atoms with Crippen molar-refractivity contribution in [3.05, 3.63) is 29.7 Å². The molecule has 104 valence electrons. The lowest BCUT2D eigenvalue weighted by Crippen LogP contribution is -2.23. The van der Waals surface area contributed by atoms with Crippen molar-refractivity contribution in [3.8, 4) is 0 Å². The number of nitrogens with one attached hydrogen (secondary N) is 3. The van der Waals surface area contributed by atoms with Gasteiger partial charge in [-0.25, -0.2) is 13.1 Å². The Morgan fingerprint density at radius 1 is 1.42 bits per heavy atom. The van der Waals surface area contributed by atoms with Crippen LogP contribution in [0.15, 0.2) is 21.7 Å². The fraction of sp³-hybridized carbons (Fsp3) is 0.400. The summed E-state index contributed by atoms with van der Waals surface area (Å²) in [6.45, 7) is 2.20. The molecule has 0 aliphatic carbocycles. The van der Waals surface area contributed by atoms with Crippen LogP contribution in [0.25, 0.3) is 0 Å². The third kappa shape index (κ3) is 3.40. The molecule has 0 spiro atoms. The summed E-state index contributed by atoms with van der Waals surface area (Å²) in [6, 6.07) is 1.57. The van der Waals surface area contributed by atoms with Crippen LogP contribution in [0.3, 0.4) is 0 Å². The maximum absolute atomic E-state index is 12.0. The van der Waals surface area contributed by atoms with E-state index in [1.165, 1.54) is 6.20 Å². The van der Waals surface area contributed by atoms with Crippen molar-refractivity contribution >= 4 is 10.0 Å². The third-order valence-corrected chi connectivity index (χ3v) is 3.76. The summed E-state index contributed by atoms with van der Waals surface area (Å²) in [7, 11) is -1.80. The molecule has 2 aromatic heterocycles. The summed E-state index contributed by atoms with van der Waals surface area (Å²) in [5, 5.41) is 6.51. The van der Waals surface area contributed by atoms with E-state index >= 15 is 0 Å². The van der Waals surface area contributed by atoms with E-state index < -0.39 is 10.0 Å². The molecule has 2 rings (SSSR count). The van der Waals surface area contributed by atoms with Gasteiger partial charge in [-0.2, -0.15) is 4.98 Å². The van der Waals surface area contributed by atoms with Gasteiger partial charge in [0, 0.05) is 18.4 Å². The van der Waals surface area contributed by atoms with Crippen molar-refractivity contribution in [2.24, 2.45) is 0 Å². The second kappa shape index (κ2) is 5.51. The highest BCUT2D eigenvalue weighted by molar-refractivity contribution is 7.89. The van der Waals surface area contributed by atoms with Gasteiger partial charge in [-0.05, 0) is 20.0 Å². The molecule has 0 atom stereocenters. The van der Waals surface area contributed by atoms with Crippen molar-refractivity contribution < 1.29 is 12.9 Å². The van der Waals surface area contributed by atoms with Crippen molar-refractivity contribution in [3.63, 3.8) is 0 Å². The van der Waals surface area contributed by atoms with Gasteiger partial charge in [-0.15, -0.1) is 0 Å². The SMILES string of the molecule is CNCc1cc(S(=O)(=O)NCc2nc(C)no2)c[nH]1. The number of aromatic amines is 1. The molecule has 8 nitrogen and oxygen atoms in total. The molecule has 0 unspecified atom stereocenters. The molecule has 0 aliphatic heterocycles. The Kier molecular flexibility index (Phi) is 3.98. The number of hydrogen-bond acceptors (Lipinski definition) is 6. The van der Waals surface area contributed by atoms with Gasteiger partial charge in [-0.1, -0.05) is 5.16 Å². The predicted octanol–water partition coefficient (Wildman–Crippen LogP) is -0.0960. The van der Waals surface area contributed by atoms with E-state index in [0.29, 0.717) is 12.4 Å². The normalized spacial score (nSPS) is 11.9. The molecule has 0 saturated heterocycles. The van der Waals surface area contributed by atoms with E-state index in [-0.39, 0.29) is 17.3 Å². The highest BCUT2D eigenvalue weighted by Gasteiger charge is 2.17. The minimum atomic E-state index is -3.58. The van der Waals surface area contributed by atoms with Gasteiger partial charge in [0.15, 0.2) is 5.82 Å². The van der Waals surface area contributed by atoms with Crippen molar-refractivity contribution in [1.29, 1.82) is 0 Å². The molecular weight excluding hydrogens is 270 g/mol. The van der Waals surface area contributed by atoms with Crippen LogP contribution in [0.2, 0.25) is 0 Å². The predicted molar refractivity (Wildman–Crippen MR) is 66.6 cm³/mol. The summed E-state index contributed by atoms with van der Waals surface area (Å²) in [5.74, 6) is 0.694. The van der Waals surface area contributed by atoms with Crippen LogP contribution in [0.5, 0.6) is 0 Å². The third-order valence-electron chi connectivity index (χ3n) is 2.38. The molecule has 19 heavy (non-hydrogen) atoms. The summed E-state index contributed by atoms with van der Waals surface area (Å²) < 4.78 is 31.2. The second-order valence-electron chi connectivity index (χ2n) is 3.95. The summed E-state index contributed by atoms with van der Waals surface area (Å²) >= 11 is 0. The van der Waals surface area contributed by atoms with Gasteiger partial charge < -0.3 is 14.8 Å². The first-order chi connectivity index (χ1) is 9.01. The number of H-pyrrole nitrogens is 1. The van der Waals surface area contributed by atoms with Crippen LogP contribution < -0.4 is 10.0 Å². The first-order valence-electron chi connectivity index (χ1n) is 5.62. The monoisotopic (exact) mass is 285 g/mol. The topological polar surface area (TPSA) is 113 Å². The Bertz CT molecular complexity index is 646. The molecular formula is C10H15N5O3S. The van der Waals surface area contributed by atoms with Crippen LogP contribution in [0, 0.1) is 6.92 Å². The number of nitrogens with zero attached hydrogens (tertiary/aromatic N) is 2. The van der Waals surface area contributed by atoms with Crippen LogP contribution in [-0.4, -0.2) is 30.6 Å². The molecule has 0 aliphatic rings. The van der Waals surface area contributed by atoms with Crippen molar-refractivity contribution in [1.82, 2.24) is 25.2 Å². The molecule has 3 N–H and O–H groups in total. The minimum absolute atomic E-state index is 0.0320. The van der Waals surface area contributed by atoms with E-state index in [0.717, 1.165) is 5.69 Å². The minimum Gasteiger partial charge on any atom is -0.363 e. The molecule has 0 fully saturated rings. The lowest BCUT2D eigenvalue weighted by molar-refractivity contribution is 0.372. The highest BCUT2D eigenvalue weighted by atomic mass is 32.2. The molecule has 9 heteroatoms. The lowest BCUT2D eigenvalue weighted by atomic mass is 10.4. The lowest BCUT2D eigenvalue weighted by Gasteiger charge is -2.01. The van der Waals surface area contributed by atoms with Crippen molar-refractivity contribution in [2.75, 3.05) is 7.05 Å². The quantitative estimate of drug-likeness (QED) is 0.683. The average Bonchev–Trinajstić information content (AvgIpc) is 2.97. The second-order valence-corrected chi connectivity index (χ2v) is 5.72. The number of aromatic nitrogens is 3. The van der Waals surface area contributed by atoms with E-state index in [2.05, 4.69) is 25.2 Å². The van der Waals surface area contributed by atoms with Crippen LogP contribution in [0.1, 0.15) is 17.4 Å². The first-order valence-corrected chi connectivity index (χ1v) is 7.10. The van der Waals surface area contributed by atoms with E-state index in [9.17, 15) is 8.42 Å². The summed E-state index contributed by atoms with van der Waals surface area (Å²) in [5.41, 5.74) is 0.788. The number of hydrogen-bond donors (Lipinski definition) is 3. The van der Waals surface area contributed by atoms with Gasteiger partial charge in [0.25, 0.3) is 0 Å². The van der Waals surface area contributed by atoms with Gasteiger partial charge in [0.05, 0.1) is 11.4 Å². The van der Waals surface area contributed by atoms with E-state index in [1.807, 2.05) is 0 Å². The van der Waals surface area contributed by atoms with Gasteiger partial charge in [0.2, 0.25) is 15.9 Å². The largest absolute Gasteiger partial charge is 0.363 e. The first kappa shape index (κ1) is 13.7. The smallest absolute Gasteiger partial charge is 0.242 e. The zero-order valence-electron chi connectivity index (χ0n) is 10.6. The zero-order chi connectivity index (χ0) is 13.9. The Hall–Kier alpha value is -1.71. The van der Waals surface area contributed by atoms with Crippen LogP contribution in [-0.2, 0) is 23.1 Å². The Morgan fingerprint density at radius 3 is 2.84 bits per heavy atom. The van der Waals surface area contributed by atoms with Crippen LogP contribution >= 0.6 is 0 Å². The Balaban J connectivity index is 2.04. The average molecular weight is 285 g/mol. The van der Waals surface area contributed by atoms with E-state index in [1.54, 1.807) is 20.0 Å². The van der Waals surface area contributed by atoms with Crippen molar-refractivity contribution in [2.45, 2.75) is 24.9 Å². The molecule has 0 amide bonds. The van der Waals surface area contributed by atoms with Gasteiger partial charge in [-0.3, -0.25) is 0 Å². The number of aryl methyl sites for hydroxylation is 1. The Labute approximate surface area is 110 Å². The van der Waals surface area contributed by atoms with Gasteiger partial charge in [0.1, 0.15) is 0 Å². The standard InChI is InChI=1S/C10H15N5O3S/c1-7-14-10(18-15-7)6-13-19(16,17)9-3-8(4-11-2)12-5-9/h3,5,11-13H,4,6H2,1-2H3. The van der Waals surface area contributed by atoms with E-state index in [4.69, 9.17) is 4.52 Å². The Morgan fingerprint density at radius 2 is 2.21 bits per heavy atom. The zero-order valence-corrected chi connectivity index (χ0v) is 11.4. The molecule has 0 aromatic carbocycles. The van der Waals surface area contributed by atoms with Crippen LogP contribution in [0.4, 0.5) is 0 Å². The molecule has 0 radical (unpaired) electrons. The highest BCUT2D eigenvalue weighted by Crippen LogP contribution is 2.11. The molecule has 2 aromatic rings. The number of rotatable bonds is 6. The number of sulfonamides is 1.